The first kappa shape index (κ1) is 18.9. The quantitative estimate of drug-likeness (QED) is 0.502. The van der Waals surface area contributed by atoms with Crippen LogP contribution in [-0.4, -0.2) is 20.1 Å². The molecule has 142 valence electrons. The predicted molar refractivity (Wildman–Crippen MR) is 113 cm³/mol. The molecule has 4 rings (SSSR count). The lowest BCUT2D eigenvalue weighted by Crippen LogP contribution is -2.29. The number of rotatable bonds is 5. The second-order valence-electron chi connectivity index (χ2n) is 6.53. The molecule has 0 heterocycles. The third-order valence-corrected chi connectivity index (χ3v) is 6.70. The molecule has 4 nitrogen and oxygen atoms in total. The average molecular weight is 412 g/mol. The highest BCUT2D eigenvalue weighted by molar-refractivity contribution is 7.89. The van der Waals surface area contributed by atoms with Crippen LogP contribution in [-0.2, 0) is 10.0 Å². The van der Waals surface area contributed by atoms with Crippen molar-refractivity contribution in [3.63, 3.8) is 0 Å². The maximum Gasteiger partial charge on any atom is 0.242 e. The molecule has 28 heavy (non-hydrogen) atoms. The van der Waals surface area contributed by atoms with E-state index >= 15 is 0 Å². The van der Waals surface area contributed by atoms with Gasteiger partial charge in [0.2, 0.25) is 10.0 Å². The van der Waals surface area contributed by atoms with Gasteiger partial charge in [-0.25, -0.2) is 13.1 Å². The highest BCUT2D eigenvalue weighted by atomic mass is 35.5. The minimum atomic E-state index is -3.92. The first-order chi connectivity index (χ1) is 13.5. The molecule has 6 heteroatoms. The van der Waals surface area contributed by atoms with Crippen LogP contribution in [0.25, 0.3) is 21.5 Å². The molecule has 0 aliphatic heterocycles. The van der Waals surface area contributed by atoms with Crippen molar-refractivity contribution in [2.24, 2.45) is 0 Å². The summed E-state index contributed by atoms with van der Waals surface area (Å²) < 4.78 is 28.4. The molecular formula is C22H18ClNO3S. The molecule has 4 aromatic rings. The van der Waals surface area contributed by atoms with Crippen LogP contribution in [0.3, 0.4) is 0 Å². The standard InChI is InChI=1S/C22H18ClNO3S/c23-20-13-12-16-7-2-4-10-18(16)22(20)28(26,27)24-14-21(25)19-11-5-8-15-6-1-3-9-17(15)19/h1-13,21,24-25H,14H2. The van der Waals surface area contributed by atoms with E-state index in [2.05, 4.69) is 4.72 Å². The number of benzene rings is 4. The summed E-state index contributed by atoms with van der Waals surface area (Å²) in [6, 6.07) is 23.8. The van der Waals surface area contributed by atoms with Gasteiger partial charge in [0.1, 0.15) is 4.90 Å². The molecule has 1 atom stereocenters. The number of halogens is 1. The minimum Gasteiger partial charge on any atom is -0.387 e. The lowest BCUT2D eigenvalue weighted by Gasteiger charge is -2.16. The largest absolute Gasteiger partial charge is 0.387 e. The van der Waals surface area contributed by atoms with Crippen LogP contribution in [0.1, 0.15) is 11.7 Å². The molecule has 0 fully saturated rings. The zero-order valence-corrected chi connectivity index (χ0v) is 16.4. The first-order valence-corrected chi connectivity index (χ1v) is 10.7. The zero-order chi connectivity index (χ0) is 19.7. The normalized spacial score (nSPS) is 13.1. The Labute approximate surface area is 168 Å². The van der Waals surface area contributed by atoms with E-state index in [1.807, 2.05) is 48.5 Å². The molecule has 0 bridgehead atoms. The highest BCUT2D eigenvalue weighted by Crippen LogP contribution is 2.30. The fourth-order valence-electron chi connectivity index (χ4n) is 3.40. The van der Waals surface area contributed by atoms with Crippen LogP contribution in [0.15, 0.2) is 83.8 Å². The topological polar surface area (TPSA) is 66.4 Å². The van der Waals surface area contributed by atoms with Gasteiger partial charge in [0.15, 0.2) is 0 Å². The summed E-state index contributed by atoms with van der Waals surface area (Å²) in [4.78, 5) is 0.0254. The van der Waals surface area contributed by atoms with Crippen molar-refractivity contribution in [2.75, 3.05) is 6.54 Å². The third kappa shape index (κ3) is 3.50. The van der Waals surface area contributed by atoms with Gasteiger partial charge in [0, 0.05) is 11.9 Å². The number of hydrogen-bond donors (Lipinski definition) is 2. The number of aliphatic hydroxyl groups is 1. The van der Waals surface area contributed by atoms with Crippen molar-refractivity contribution in [1.82, 2.24) is 4.72 Å². The Hall–Kier alpha value is -2.44. The monoisotopic (exact) mass is 411 g/mol. The van der Waals surface area contributed by atoms with Gasteiger partial charge in [-0.1, -0.05) is 84.4 Å². The summed E-state index contributed by atoms with van der Waals surface area (Å²) in [5.74, 6) is 0. The van der Waals surface area contributed by atoms with Gasteiger partial charge in [0.25, 0.3) is 0 Å². The highest BCUT2D eigenvalue weighted by Gasteiger charge is 2.23. The maximum atomic E-state index is 13.0. The van der Waals surface area contributed by atoms with Crippen LogP contribution in [0.5, 0.6) is 0 Å². The fraction of sp³-hybridized carbons (Fsp3) is 0.0909. The summed E-state index contributed by atoms with van der Waals surface area (Å²) in [7, 11) is -3.92. The van der Waals surface area contributed by atoms with Crippen molar-refractivity contribution in [2.45, 2.75) is 11.0 Å². The van der Waals surface area contributed by atoms with Crippen LogP contribution >= 0.6 is 11.6 Å². The molecule has 2 N–H and O–H groups in total. The lowest BCUT2D eigenvalue weighted by molar-refractivity contribution is 0.183. The van der Waals surface area contributed by atoms with E-state index in [0.29, 0.717) is 10.9 Å². The molecule has 0 saturated carbocycles. The Morgan fingerprint density at radius 3 is 2.18 bits per heavy atom. The Morgan fingerprint density at radius 2 is 1.43 bits per heavy atom. The average Bonchev–Trinajstić information content (AvgIpc) is 2.71. The molecule has 0 radical (unpaired) electrons. The lowest BCUT2D eigenvalue weighted by atomic mass is 10.0. The van der Waals surface area contributed by atoms with E-state index in [1.54, 1.807) is 30.3 Å². The molecule has 0 aromatic heterocycles. The molecule has 0 aliphatic carbocycles. The molecule has 0 spiro atoms. The van der Waals surface area contributed by atoms with Crippen molar-refractivity contribution in [3.8, 4) is 0 Å². The molecule has 0 aliphatic rings. The summed E-state index contributed by atoms with van der Waals surface area (Å²) >= 11 is 6.22. The Kier molecular flexibility index (Phi) is 5.08. The van der Waals surface area contributed by atoms with Gasteiger partial charge >= 0.3 is 0 Å². The first-order valence-electron chi connectivity index (χ1n) is 8.80. The fourth-order valence-corrected chi connectivity index (χ4v) is 5.19. The predicted octanol–water partition coefficient (Wildman–Crippen LogP) is 4.66. The minimum absolute atomic E-state index is 0.0254. The van der Waals surface area contributed by atoms with Crippen LogP contribution in [0.4, 0.5) is 0 Å². The van der Waals surface area contributed by atoms with E-state index in [1.165, 1.54) is 0 Å². The van der Waals surface area contributed by atoms with E-state index in [0.717, 1.165) is 16.2 Å². The van der Waals surface area contributed by atoms with E-state index in [-0.39, 0.29) is 16.5 Å². The molecule has 0 amide bonds. The Balaban J connectivity index is 1.65. The van der Waals surface area contributed by atoms with E-state index in [4.69, 9.17) is 11.6 Å². The third-order valence-electron chi connectivity index (χ3n) is 4.75. The Morgan fingerprint density at radius 1 is 0.821 bits per heavy atom. The summed E-state index contributed by atoms with van der Waals surface area (Å²) in [6.07, 6.45) is -0.991. The van der Waals surface area contributed by atoms with Gasteiger partial charge < -0.3 is 5.11 Å². The second kappa shape index (κ2) is 7.53. The van der Waals surface area contributed by atoms with Crippen molar-refractivity contribution >= 4 is 43.2 Å². The van der Waals surface area contributed by atoms with Gasteiger partial charge in [-0.2, -0.15) is 0 Å². The smallest absolute Gasteiger partial charge is 0.242 e. The number of nitrogens with one attached hydrogen (secondary N) is 1. The number of sulfonamides is 1. The molecule has 1 unspecified atom stereocenters. The summed E-state index contributed by atoms with van der Waals surface area (Å²) in [5, 5.41) is 14.0. The summed E-state index contributed by atoms with van der Waals surface area (Å²) in [5.41, 5.74) is 0.671. The van der Waals surface area contributed by atoms with E-state index in [9.17, 15) is 13.5 Å². The van der Waals surface area contributed by atoms with Crippen molar-refractivity contribution in [1.29, 1.82) is 0 Å². The SMILES string of the molecule is O=S(=O)(NCC(O)c1cccc2ccccc12)c1c(Cl)ccc2ccccc12. The van der Waals surface area contributed by atoms with Crippen molar-refractivity contribution < 1.29 is 13.5 Å². The summed E-state index contributed by atoms with van der Waals surface area (Å²) in [6.45, 7) is -0.157. The number of fused-ring (bicyclic) bond motifs is 2. The molecule has 4 aromatic carbocycles. The number of aliphatic hydroxyl groups excluding tert-OH is 1. The van der Waals surface area contributed by atoms with E-state index < -0.39 is 16.1 Å². The second-order valence-corrected chi connectivity index (χ2v) is 8.64. The maximum absolute atomic E-state index is 13.0. The van der Waals surface area contributed by atoms with Gasteiger partial charge in [-0.05, 0) is 27.8 Å². The Bertz CT molecular complexity index is 1270. The van der Waals surface area contributed by atoms with Crippen LogP contribution in [0.2, 0.25) is 5.02 Å². The van der Waals surface area contributed by atoms with Gasteiger partial charge in [-0.15, -0.1) is 0 Å². The van der Waals surface area contributed by atoms with Crippen molar-refractivity contribution in [3.05, 3.63) is 89.4 Å². The number of hydrogen-bond acceptors (Lipinski definition) is 3. The zero-order valence-electron chi connectivity index (χ0n) is 14.8. The van der Waals surface area contributed by atoms with Gasteiger partial charge in [0.05, 0.1) is 11.1 Å². The molecule has 0 saturated heterocycles. The van der Waals surface area contributed by atoms with Crippen LogP contribution < -0.4 is 4.72 Å². The molecular weight excluding hydrogens is 394 g/mol. The van der Waals surface area contributed by atoms with Gasteiger partial charge in [-0.3, -0.25) is 0 Å². The van der Waals surface area contributed by atoms with Crippen LogP contribution in [0, 0.1) is 0 Å².